The van der Waals surface area contributed by atoms with E-state index in [2.05, 4.69) is 41.6 Å². The number of carbonyl (C=O) groups excluding carboxylic acids is 1. The topological polar surface area (TPSA) is 56.2 Å². The van der Waals surface area contributed by atoms with Crippen molar-refractivity contribution < 1.29 is 9.53 Å². The van der Waals surface area contributed by atoms with E-state index in [1.54, 1.807) is 18.0 Å². The Balaban J connectivity index is 1.64. The molecule has 0 atom stereocenters. The molecule has 0 fully saturated rings. The zero-order chi connectivity index (χ0) is 18.4. The molecule has 1 aromatic heterocycles. The minimum absolute atomic E-state index is 0.0821. The van der Waals surface area contributed by atoms with Gasteiger partial charge in [-0.3, -0.25) is 4.79 Å². The summed E-state index contributed by atoms with van der Waals surface area (Å²) in [4.78, 5) is 12.4. The first-order valence-electron chi connectivity index (χ1n) is 8.70. The molecule has 26 heavy (non-hydrogen) atoms. The van der Waals surface area contributed by atoms with Gasteiger partial charge >= 0.3 is 0 Å². The van der Waals surface area contributed by atoms with Crippen molar-refractivity contribution in [2.24, 2.45) is 0 Å². The van der Waals surface area contributed by atoms with Crippen molar-refractivity contribution in [1.29, 1.82) is 0 Å². The summed E-state index contributed by atoms with van der Waals surface area (Å²) < 4.78 is 6.99. The van der Waals surface area contributed by atoms with Crippen molar-refractivity contribution >= 4 is 11.7 Å². The van der Waals surface area contributed by atoms with Crippen LogP contribution in [0, 0.1) is 0 Å². The maximum Gasteiger partial charge on any atom is 0.229 e. The van der Waals surface area contributed by atoms with Crippen LogP contribution in [0.2, 0.25) is 0 Å². The number of methoxy groups -OCH3 is 1. The van der Waals surface area contributed by atoms with Gasteiger partial charge in [-0.15, -0.1) is 0 Å². The molecular weight excluding hydrogens is 326 g/mol. The number of hydrogen-bond acceptors (Lipinski definition) is 3. The minimum atomic E-state index is -0.0821. The highest BCUT2D eigenvalue weighted by atomic mass is 16.5. The van der Waals surface area contributed by atoms with Crippen molar-refractivity contribution in [2.75, 3.05) is 12.4 Å². The van der Waals surface area contributed by atoms with Gasteiger partial charge in [0.05, 0.1) is 26.3 Å². The van der Waals surface area contributed by atoms with Crippen LogP contribution in [-0.4, -0.2) is 22.8 Å². The van der Waals surface area contributed by atoms with Crippen LogP contribution in [0.1, 0.15) is 23.6 Å². The number of rotatable bonds is 7. The maximum atomic E-state index is 12.4. The third kappa shape index (κ3) is 4.51. The molecule has 2 aromatic carbocycles. The molecule has 0 aliphatic rings. The first-order chi connectivity index (χ1) is 12.7. The Morgan fingerprint density at radius 1 is 1.08 bits per heavy atom. The molecule has 0 aliphatic carbocycles. The largest absolute Gasteiger partial charge is 0.497 e. The SMILES string of the molecule is CCc1ccc(Cn2nccc2NC(=O)Cc2cccc(OC)c2)cc1. The molecule has 134 valence electrons. The molecule has 0 bridgehead atoms. The molecule has 3 aromatic rings. The number of ether oxygens (including phenoxy) is 1. The van der Waals surface area contributed by atoms with Crippen LogP contribution in [0.3, 0.4) is 0 Å². The van der Waals surface area contributed by atoms with Gasteiger partial charge in [-0.25, -0.2) is 4.68 Å². The lowest BCUT2D eigenvalue weighted by Crippen LogP contribution is -2.18. The molecule has 1 heterocycles. The first-order valence-corrected chi connectivity index (χ1v) is 8.70. The molecule has 5 nitrogen and oxygen atoms in total. The second-order valence-electron chi connectivity index (χ2n) is 6.12. The highest BCUT2D eigenvalue weighted by Gasteiger charge is 2.09. The van der Waals surface area contributed by atoms with E-state index in [1.807, 2.05) is 30.3 Å². The fourth-order valence-electron chi connectivity index (χ4n) is 2.77. The lowest BCUT2D eigenvalue weighted by atomic mass is 10.1. The van der Waals surface area contributed by atoms with Crippen molar-refractivity contribution in [3.05, 3.63) is 77.5 Å². The smallest absolute Gasteiger partial charge is 0.229 e. The number of aryl methyl sites for hydroxylation is 1. The molecule has 0 spiro atoms. The molecule has 5 heteroatoms. The fraction of sp³-hybridized carbons (Fsp3) is 0.238. The highest BCUT2D eigenvalue weighted by molar-refractivity contribution is 5.91. The third-order valence-electron chi connectivity index (χ3n) is 4.25. The zero-order valence-electron chi connectivity index (χ0n) is 15.1. The fourth-order valence-corrected chi connectivity index (χ4v) is 2.77. The van der Waals surface area contributed by atoms with Crippen molar-refractivity contribution in [3.8, 4) is 5.75 Å². The minimum Gasteiger partial charge on any atom is -0.497 e. The summed E-state index contributed by atoms with van der Waals surface area (Å²) in [5.74, 6) is 1.36. The molecule has 0 saturated heterocycles. The van der Waals surface area contributed by atoms with E-state index in [1.165, 1.54) is 5.56 Å². The maximum absolute atomic E-state index is 12.4. The van der Waals surface area contributed by atoms with Gasteiger partial charge in [0.1, 0.15) is 11.6 Å². The summed E-state index contributed by atoms with van der Waals surface area (Å²) in [6, 6.07) is 17.8. The van der Waals surface area contributed by atoms with Crippen molar-refractivity contribution in [2.45, 2.75) is 26.3 Å². The first kappa shape index (κ1) is 17.7. The number of nitrogens with zero attached hydrogens (tertiary/aromatic N) is 2. The van der Waals surface area contributed by atoms with E-state index in [0.29, 0.717) is 12.4 Å². The normalized spacial score (nSPS) is 10.5. The lowest BCUT2D eigenvalue weighted by Gasteiger charge is -2.10. The number of carbonyl (C=O) groups is 1. The number of anilines is 1. The van der Waals surface area contributed by atoms with Gasteiger partial charge in [-0.05, 0) is 35.2 Å². The van der Waals surface area contributed by atoms with Crippen LogP contribution in [0.15, 0.2) is 60.8 Å². The van der Waals surface area contributed by atoms with Crippen LogP contribution >= 0.6 is 0 Å². The summed E-state index contributed by atoms with van der Waals surface area (Å²) in [6.07, 6.45) is 3.00. The van der Waals surface area contributed by atoms with Crippen LogP contribution in [0.5, 0.6) is 5.75 Å². The number of hydrogen-bond donors (Lipinski definition) is 1. The molecule has 0 unspecified atom stereocenters. The summed E-state index contributed by atoms with van der Waals surface area (Å²) in [5, 5.41) is 7.26. The highest BCUT2D eigenvalue weighted by Crippen LogP contribution is 2.15. The molecule has 0 aliphatic heterocycles. The molecule has 3 rings (SSSR count). The number of aromatic nitrogens is 2. The molecule has 1 amide bonds. The van der Waals surface area contributed by atoms with Gasteiger partial charge in [0.2, 0.25) is 5.91 Å². The van der Waals surface area contributed by atoms with Gasteiger partial charge in [0.15, 0.2) is 0 Å². The van der Waals surface area contributed by atoms with Gasteiger partial charge in [0.25, 0.3) is 0 Å². The zero-order valence-corrected chi connectivity index (χ0v) is 15.1. The Morgan fingerprint density at radius 3 is 2.58 bits per heavy atom. The van der Waals surface area contributed by atoms with Crippen LogP contribution in [0.4, 0.5) is 5.82 Å². The average Bonchev–Trinajstić information content (AvgIpc) is 3.09. The van der Waals surface area contributed by atoms with E-state index in [-0.39, 0.29) is 12.3 Å². The monoisotopic (exact) mass is 349 g/mol. The average molecular weight is 349 g/mol. The number of nitrogens with one attached hydrogen (secondary N) is 1. The summed E-state index contributed by atoms with van der Waals surface area (Å²) in [7, 11) is 1.62. The van der Waals surface area contributed by atoms with E-state index >= 15 is 0 Å². The standard InChI is InChI=1S/C21H23N3O2/c1-3-16-7-9-17(10-8-16)15-24-20(11-12-22-24)23-21(25)14-18-5-4-6-19(13-18)26-2/h4-13H,3,14-15H2,1-2H3,(H,23,25). The third-order valence-corrected chi connectivity index (χ3v) is 4.25. The van der Waals surface area contributed by atoms with Gasteiger partial charge in [0, 0.05) is 6.07 Å². The van der Waals surface area contributed by atoms with Gasteiger partial charge in [-0.1, -0.05) is 43.3 Å². The van der Waals surface area contributed by atoms with Crippen LogP contribution in [0.25, 0.3) is 0 Å². The van der Waals surface area contributed by atoms with E-state index in [9.17, 15) is 4.79 Å². The summed E-state index contributed by atoms with van der Waals surface area (Å²) >= 11 is 0. The Labute approximate surface area is 153 Å². The van der Waals surface area contributed by atoms with E-state index in [4.69, 9.17) is 4.74 Å². The van der Waals surface area contributed by atoms with Crippen molar-refractivity contribution in [3.63, 3.8) is 0 Å². The molecular formula is C21H23N3O2. The molecule has 0 radical (unpaired) electrons. The van der Waals surface area contributed by atoms with Crippen LogP contribution < -0.4 is 10.1 Å². The van der Waals surface area contributed by atoms with Crippen molar-refractivity contribution in [1.82, 2.24) is 9.78 Å². The Hall–Kier alpha value is -3.08. The predicted octanol–water partition coefficient (Wildman–Crippen LogP) is 3.68. The van der Waals surface area contributed by atoms with Crippen LogP contribution in [-0.2, 0) is 24.2 Å². The van der Waals surface area contributed by atoms with E-state index in [0.717, 1.165) is 23.3 Å². The lowest BCUT2D eigenvalue weighted by molar-refractivity contribution is -0.115. The Bertz CT molecular complexity index is 869. The molecule has 0 saturated carbocycles. The quantitative estimate of drug-likeness (QED) is 0.708. The van der Waals surface area contributed by atoms with Gasteiger partial charge in [-0.2, -0.15) is 5.10 Å². The Kier molecular flexibility index (Phi) is 5.69. The summed E-state index contributed by atoms with van der Waals surface area (Å²) in [6.45, 7) is 2.75. The number of benzene rings is 2. The van der Waals surface area contributed by atoms with Gasteiger partial charge < -0.3 is 10.1 Å². The van der Waals surface area contributed by atoms with E-state index < -0.39 is 0 Å². The summed E-state index contributed by atoms with van der Waals surface area (Å²) in [5.41, 5.74) is 3.36. The molecule has 1 N–H and O–H groups in total. The second-order valence-corrected chi connectivity index (χ2v) is 6.12. The predicted molar refractivity (Wildman–Crippen MR) is 102 cm³/mol. The number of amides is 1. The second kappa shape index (κ2) is 8.34. The Morgan fingerprint density at radius 2 is 1.85 bits per heavy atom.